The lowest BCUT2D eigenvalue weighted by Crippen LogP contribution is -2.19. The van der Waals surface area contributed by atoms with Gasteiger partial charge in [-0.15, -0.1) is 0 Å². The molecule has 0 aliphatic rings. The van der Waals surface area contributed by atoms with Crippen molar-refractivity contribution in [2.75, 3.05) is 25.6 Å². The van der Waals surface area contributed by atoms with Gasteiger partial charge in [-0.25, -0.2) is 0 Å². The zero-order chi connectivity index (χ0) is 12.1. The Hall–Kier alpha value is -1.06. The summed E-state index contributed by atoms with van der Waals surface area (Å²) in [4.78, 5) is 2.07. The van der Waals surface area contributed by atoms with Crippen molar-refractivity contribution in [3.63, 3.8) is 0 Å². The molecular formula is C13H22N2O. The largest absolute Gasteiger partial charge is 0.378 e. The lowest BCUT2D eigenvalue weighted by atomic mass is 10.1. The summed E-state index contributed by atoms with van der Waals surface area (Å²) in [5.41, 5.74) is 8.33. The van der Waals surface area contributed by atoms with E-state index in [0.29, 0.717) is 6.61 Å². The minimum absolute atomic E-state index is 0.0430. The van der Waals surface area contributed by atoms with Crippen molar-refractivity contribution in [3.05, 3.63) is 29.8 Å². The Morgan fingerprint density at radius 3 is 2.19 bits per heavy atom. The molecule has 0 aliphatic carbocycles. The molecular weight excluding hydrogens is 200 g/mol. The zero-order valence-corrected chi connectivity index (χ0v) is 10.6. The Morgan fingerprint density at radius 1 is 1.19 bits per heavy atom. The van der Waals surface area contributed by atoms with Gasteiger partial charge in [0.15, 0.2) is 0 Å². The molecule has 1 aromatic rings. The van der Waals surface area contributed by atoms with Gasteiger partial charge in [-0.05, 0) is 31.5 Å². The maximum Gasteiger partial charge on any atom is 0.0662 e. The van der Waals surface area contributed by atoms with E-state index in [2.05, 4.69) is 29.2 Å². The molecule has 0 heterocycles. The summed E-state index contributed by atoms with van der Waals surface area (Å²) in [5, 5.41) is 0. The number of anilines is 1. The van der Waals surface area contributed by atoms with Gasteiger partial charge in [0.25, 0.3) is 0 Å². The van der Waals surface area contributed by atoms with Crippen LogP contribution >= 0.6 is 0 Å². The van der Waals surface area contributed by atoms with Gasteiger partial charge in [-0.1, -0.05) is 12.1 Å². The maximum atomic E-state index is 6.03. The third-order valence-corrected chi connectivity index (χ3v) is 2.45. The number of hydrogen-bond acceptors (Lipinski definition) is 3. The monoisotopic (exact) mass is 222 g/mol. The Labute approximate surface area is 98.2 Å². The van der Waals surface area contributed by atoms with Gasteiger partial charge in [0.1, 0.15) is 0 Å². The van der Waals surface area contributed by atoms with Crippen molar-refractivity contribution < 1.29 is 4.74 Å². The van der Waals surface area contributed by atoms with E-state index in [9.17, 15) is 0 Å². The number of nitrogens with two attached hydrogens (primary N) is 1. The first-order valence-electron chi connectivity index (χ1n) is 5.65. The maximum absolute atomic E-state index is 6.03. The Bertz CT molecular complexity index is 306. The van der Waals surface area contributed by atoms with Crippen LogP contribution in [0.2, 0.25) is 0 Å². The molecule has 0 aliphatic heterocycles. The van der Waals surface area contributed by atoms with Gasteiger partial charge in [-0.3, -0.25) is 0 Å². The van der Waals surface area contributed by atoms with E-state index in [1.807, 2.05) is 27.9 Å². The second kappa shape index (κ2) is 5.87. The molecule has 0 radical (unpaired) electrons. The van der Waals surface area contributed by atoms with Crippen LogP contribution < -0.4 is 10.6 Å². The van der Waals surface area contributed by atoms with Crippen LogP contribution in [0.25, 0.3) is 0 Å². The highest BCUT2D eigenvalue weighted by molar-refractivity contribution is 5.46. The summed E-state index contributed by atoms with van der Waals surface area (Å²) in [6.45, 7) is 4.60. The first kappa shape index (κ1) is 13.0. The second-order valence-electron chi connectivity index (χ2n) is 4.47. The van der Waals surface area contributed by atoms with Crippen LogP contribution in [-0.2, 0) is 4.74 Å². The van der Waals surface area contributed by atoms with Crippen molar-refractivity contribution in [1.82, 2.24) is 0 Å². The van der Waals surface area contributed by atoms with Crippen LogP contribution in [0.1, 0.15) is 25.5 Å². The highest BCUT2D eigenvalue weighted by Crippen LogP contribution is 2.16. The number of nitrogens with zero attached hydrogens (tertiary/aromatic N) is 1. The van der Waals surface area contributed by atoms with Crippen LogP contribution in [0, 0.1) is 0 Å². The van der Waals surface area contributed by atoms with E-state index in [4.69, 9.17) is 10.5 Å². The predicted molar refractivity (Wildman–Crippen MR) is 68.8 cm³/mol. The average molecular weight is 222 g/mol. The average Bonchev–Trinajstić information content (AvgIpc) is 2.26. The third-order valence-electron chi connectivity index (χ3n) is 2.45. The first-order valence-corrected chi connectivity index (χ1v) is 5.65. The molecule has 1 unspecified atom stereocenters. The van der Waals surface area contributed by atoms with Crippen LogP contribution in [-0.4, -0.2) is 26.8 Å². The van der Waals surface area contributed by atoms with Crippen LogP contribution in [0.15, 0.2) is 24.3 Å². The topological polar surface area (TPSA) is 38.5 Å². The number of benzene rings is 1. The van der Waals surface area contributed by atoms with E-state index < -0.39 is 0 Å². The summed E-state index contributed by atoms with van der Waals surface area (Å²) < 4.78 is 5.50. The molecule has 0 saturated carbocycles. The van der Waals surface area contributed by atoms with E-state index >= 15 is 0 Å². The number of ether oxygens (including phenoxy) is 1. The van der Waals surface area contributed by atoms with Crippen molar-refractivity contribution >= 4 is 5.69 Å². The Morgan fingerprint density at radius 2 is 1.75 bits per heavy atom. The van der Waals surface area contributed by atoms with E-state index in [0.717, 1.165) is 5.56 Å². The summed E-state index contributed by atoms with van der Waals surface area (Å²) in [5.74, 6) is 0. The lowest BCUT2D eigenvalue weighted by Gasteiger charge is -2.17. The van der Waals surface area contributed by atoms with E-state index in [1.54, 1.807) is 0 Å². The third kappa shape index (κ3) is 3.83. The summed E-state index contributed by atoms with van der Waals surface area (Å²) >= 11 is 0. The number of hydrogen-bond donors (Lipinski definition) is 1. The zero-order valence-electron chi connectivity index (χ0n) is 10.6. The molecule has 0 spiro atoms. The molecule has 1 atom stereocenters. The molecule has 3 nitrogen and oxygen atoms in total. The molecule has 1 aromatic carbocycles. The smallest absolute Gasteiger partial charge is 0.0662 e. The first-order chi connectivity index (χ1) is 7.50. The molecule has 16 heavy (non-hydrogen) atoms. The molecule has 90 valence electrons. The molecule has 2 N–H and O–H groups in total. The molecule has 1 rings (SSSR count). The molecule has 0 saturated heterocycles. The van der Waals surface area contributed by atoms with Gasteiger partial charge in [-0.2, -0.15) is 0 Å². The van der Waals surface area contributed by atoms with Crippen molar-refractivity contribution in [3.8, 4) is 0 Å². The highest BCUT2D eigenvalue weighted by atomic mass is 16.5. The van der Waals surface area contributed by atoms with E-state index in [-0.39, 0.29) is 12.1 Å². The molecule has 0 aromatic heterocycles. The van der Waals surface area contributed by atoms with Crippen molar-refractivity contribution in [2.24, 2.45) is 5.73 Å². The summed E-state index contributed by atoms with van der Waals surface area (Å²) in [6.07, 6.45) is 0.229. The molecule has 0 amide bonds. The van der Waals surface area contributed by atoms with Gasteiger partial charge in [0.2, 0.25) is 0 Å². The Balaban J connectivity index is 2.59. The fraction of sp³-hybridized carbons (Fsp3) is 0.538. The second-order valence-corrected chi connectivity index (χ2v) is 4.47. The van der Waals surface area contributed by atoms with Gasteiger partial charge in [0, 0.05) is 19.8 Å². The fourth-order valence-corrected chi connectivity index (χ4v) is 1.41. The van der Waals surface area contributed by atoms with Gasteiger partial charge < -0.3 is 15.4 Å². The summed E-state index contributed by atoms with van der Waals surface area (Å²) in [7, 11) is 4.05. The summed E-state index contributed by atoms with van der Waals surface area (Å²) in [6, 6.07) is 8.22. The Kier molecular flexibility index (Phi) is 4.77. The van der Waals surface area contributed by atoms with Crippen LogP contribution in [0.4, 0.5) is 5.69 Å². The van der Waals surface area contributed by atoms with Crippen molar-refractivity contribution in [1.29, 1.82) is 0 Å². The minimum Gasteiger partial charge on any atom is -0.378 e. The van der Waals surface area contributed by atoms with Crippen LogP contribution in [0.5, 0.6) is 0 Å². The van der Waals surface area contributed by atoms with Crippen molar-refractivity contribution in [2.45, 2.75) is 26.0 Å². The SMILES string of the molecule is CC(C)OCC(N)c1ccc(N(C)C)cc1. The molecule has 3 heteroatoms. The quantitative estimate of drug-likeness (QED) is 0.830. The standard InChI is InChI=1S/C13H22N2O/c1-10(2)16-9-13(14)11-5-7-12(8-6-11)15(3)4/h5-8,10,13H,9,14H2,1-4H3. The molecule has 0 fully saturated rings. The normalized spacial score (nSPS) is 12.9. The van der Waals surface area contributed by atoms with Gasteiger partial charge >= 0.3 is 0 Å². The van der Waals surface area contributed by atoms with Gasteiger partial charge in [0.05, 0.1) is 18.8 Å². The lowest BCUT2D eigenvalue weighted by molar-refractivity contribution is 0.0683. The number of rotatable bonds is 5. The minimum atomic E-state index is -0.0430. The predicted octanol–water partition coefficient (Wildman–Crippen LogP) is 2.18. The fourth-order valence-electron chi connectivity index (χ4n) is 1.41. The highest BCUT2D eigenvalue weighted by Gasteiger charge is 2.07. The van der Waals surface area contributed by atoms with E-state index in [1.165, 1.54) is 5.69 Å². The van der Waals surface area contributed by atoms with Crippen LogP contribution in [0.3, 0.4) is 0 Å². The molecule has 0 bridgehead atoms.